The third-order valence-corrected chi connectivity index (χ3v) is 6.26. The van der Waals surface area contributed by atoms with Gasteiger partial charge in [-0.3, -0.25) is 9.88 Å². The fourth-order valence-electron chi connectivity index (χ4n) is 4.86. The summed E-state index contributed by atoms with van der Waals surface area (Å²) in [6, 6.07) is 7.87. The van der Waals surface area contributed by atoms with Crippen LogP contribution in [0.1, 0.15) is 37.4 Å². The number of fused-ring (bicyclic) bond motifs is 4. The van der Waals surface area contributed by atoms with Gasteiger partial charge in [0.25, 0.3) is 0 Å². The number of hydrogen-bond donors (Lipinski definition) is 1. The van der Waals surface area contributed by atoms with E-state index in [2.05, 4.69) is 9.88 Å². The average Bonchev–Trinajstić information content (AvgIpc) is 2.71. The van der Waals surface area contributed by atoms with Gasteiger partial charge in [0.15, 0.2) is 0 Å². The topological polar surface area (TPSA) is 62.7 Å². The van der Waals surface area contributed by atoms with E-state index in [1.165, 1.54) is 6.42 Å². The largest absolute Gasteiger partial charge is 0.497 e. The van der Waals surface area contributed by atoms with E-state index in [1.54, 1.807) is 13.3 Å². The van der Waals surface area contributed by atoms with Gasteiger partial charge in [-0.15, -0.1) is 0 Å². The molecule has 1 aromatic carbocycles. The molecule has 1 N–H and O–H groups in total. The Morgan fingerprint density at radius 1 is 1.42 bits per heavy atom. The number of methoxy groups -OCH3 is 1. The van der Waals surface area contributed by atoms with E-state index in [0.717, 1.165) is 54.4 Å². The van der Waals surface area contributed by atoms with Crippen molar-refractivity contribution in [3.63, 3.8) is 0 Å². The Bertz CT molecular complexity index is 794. The second kappa shape index (κ2) is 7.33. The zero-order valence-corrected chi connectivity index (χ0v) is 15.2. The summed E-state index contributed by atoms with van der Waals surface area (Å²) >= 11 is 0. The molecule has 3 aliphatic heterocycles. The predicted octanol–water partition coefficient (Wildman–Crippen LogP) is 2.97. The van der Waals surface area contributed by atoms with E-state index in [9.17, 15) is 9.90 Å². The average molecular weight is 354 g/mol. The highest BCUT2D eigenvalue weighted by molar-refractivity contribution is 5.83. The molecule has 3 aliphatic rings. The Morgan fingerprint density at radius 3 is 3.04 bits per heavy atom. The van der Waals surface area contributed by atoms with E-state index in [0.29, 0.717) is 18.3 Å². The second-order valence-corrected chi connectivity index (χ2v) is 7.58. The number of aliphatic hydroxyl groups is 1. The molecule has 1 aromatic heterocycles. The maximum absolute atomic E-state index is 11.2. The lowest BCUT2D eigenvalue weighted by molar-refractivity contribution is -0.108. The zero-order valence-electron chi connectivity index (χ0n) is 15.2. The first kappa shape index (κ1) is 17.4. The monoisotopic (exact) mass is 354 g/mol. The molecule has 3 fully saturated rings. The summed E-state index contributed by atoms with van der Waals surface area (Å²) in [4.78, 5) is 17.6. The molecule has 26 heavy (non-hydrogen) atoms. The van der Waals surface area contributed by atoms with Crippen molar-refractivity contribution in [2.75, 3.05) is 20.2 Å². The summed E-state index contributed by atoms with van der Waals surface area (Å²) < 4.78 is 5.36. The Morgan fingerprint density at radius 2 is 2.31 bits per heavy atom. The number of ether oxygens (including phenoxy) is 1. The number of rotatable bonds is 6. The SMILES string of the molecule is COc1ccc2nccc([C@@H](O)[C@@H]3C[C@@H]4CCN3C[C@@H]4CCC=O)c2c1. The van der Waals surface area contributed by atoms with Crippen LogP contribution in [0.3, 0.4) is 0 Å². The third-order valence-electron chi connectivity index (χ3n) is 6.26. The smallest absolute Gasteiger partial charge is 0.120 e. The minimum absolute atomic E-state index is 0.137. The lowest BCUT2D eigenvalue weighted by atomic mass is 9.72. The summed E-state index contributed by atoms with van der Waals surface area (Å²) in [5.74, 6) is 1.98. The highest BCUT2D eigenvalue weighted by atomic mass is 16.5. The molecular formula is C21H26N2O3. The van der Waals surface area contributed by atoms with Gasteiger partial charge in [0, 0.05) is 30.6 Å². The Hall–Kier alpha value is -1.98. The number of nitrogens with zero attached hydrogens (tertiary/aromatic N) is 2. The van der Waals surface area contributed by atoms with Crippen molar-refractivity contribution in [2.45, 2.75) is 37.8 Å². The second-order valence-electron chi connectivity index (χ2n) is 7.58. The third kappa shape index (κ3) is 3.10. The van der Waals surface area contributed by atoms with E-state index >= 15 is 0 Å². The Kier molecular flexibility index (Phi) is 4.92. The maximum Gasteiger partial charge on any atom is 0.120 e. The number of carbonyl (C=O) groups is 1. The van der Waals surface area contributed by atoms with E-state index in [-0.39, 0.29) is 6.04 Å². The van der Waals surface area contributed by atoms with Crippen molar-refractivity contribution in [2.24, 2.45) is 11.8 Å². The number of hydrogen-bond acceptors (Lipinski definition) is 5. The van der Waals surface area contributed by atoms with Gasteiger partial charge in [0.2, 0.25) is 0 Å². The summed E-state index contributed by atoms with van der Waals surface area (Å²) in [5.41, 5.74) is 1.80. The van der Waals surface area contributed by atoms with Crippen LogP contribution in [0.15, 0.2) is 30.5 Å². The quantitative estimate of drug-likeness (QED) is 0.808. The van der Waals surface area contributed by atoms with Crippen LogP contribution in [0.25, 0.3) is 10.9 Å². The predicted molar refractivity (Wildman–Crippen MR) is 100 cm³/mol. The van der Waals surface area contributed by atoms with Crippen molar-refractivity contribution < 1.29 is 14.6 Å². The molecule has 1 unspecified atom stereocenters. The molecule has 2 bridgehead atoms. The van der Waals surface area contributed by atoms with Crippen LogP contribution in [-0.4, -0.2) is 47.5 Å². The first-order chi connectivity index (χ1) is 12.7. The number of aromatic nitrogens is 1. The number of aldehydes is 1. The molecule has 3 saturated heterocycles. The molecule has 0 radical (unpaired) electrons. The zero-order chi connectivity index (χ0) is 18.1. The molecule has 5 atom stereocenters. The summed E-state index contributed by atoms with van der Waals surface area (Å²) in [6.07, 6.45) is 6.06. The molecule has 138 valence electrons. The van der Waals surface area contributed by atoms with Crippen LogP contribution in [0.4, 0.5) is 0 Å². The van der Waals surface area contributed by atoms with Gasteiger partial charge < -0.3 is 14.6 Å². The number of piperidine rings is 3. The summed E-state index contributed by atoms with van der Waals surface area (Å²) in [7, 11) is 1.65. The first-order valence-corrected chi connectivity index (χ1v) is 9.49. The fraction of sp³-hybridized carbons (Fsp3) is 0.524. The number of benzene rings is 1. The molecule has 5 nitrogen and oxygen atoms in total. The van der Waals surface area contributed by atoms with Crippen molar-refractivity contribution >= 4 is 17.2 Å². The molecule has 0 amide bonds. The van der Waals surface area contributed by atoms with Crippen molar-refractivity contribution in [1.82, 2.24) is 9.88 Å². The standard InChI is InChI=1S/C21H26N2O3/c1-26-16-4-5-19-18(12-16)17(6-8-22-19)21(25)20-11-14-7-9-23(20)13-15(14)3-2-10-24/h4-6,8,10,12,14-15,20-21,25H,2-3,7,9,11,13H2,1H3/t14-,15-,20-,21+/m0/s1. The molecule has 4 heterocycles. The molecular weight excluding hydrogens is 328 g/mol. The van der Waals surface area contributed by atoms with Crippen LogP contribution in [0, 0.1) is 11.8 Å². The lowest BCUT2D eigenvalue weighted by Crippen LogP contribution is -2.55. The molecule has 5 heteroatoms. The Balaban J connectivity index is 1.60. The first-order valence-electron chi connectivity index (χ1n) is 9.49. The lowest BCUT2D eigenvalue weighted by Gasteiger charge is -2.51. The highest BCUT2D eigenvalue weighted by Gasteiger charge is 2.42. The van der Waals surface area contributed by atoms with Gasteiger partial charge in [-0.05, 0) is 67.5 Å². The van der Waals surface area contributed by atoms with Crippen molar-refractivity contribution in [3.05, 3.63) is 36.0 Å². The van der Waals surface area contributed by atoms with Gasteiger partial charge in [-0.1, -0.05) is 0 Å². The number of aliphatic hydroxyl groups excluding tert-OH is 1. The normalized spacial score (nSPS) is 28.8. The van der Waals surface area contributed by atoms with Gasteiger partial charge in [0.1, 0.15) is 12.0 Å². The minimum atomic E-state index is -0.539. The number of pyridine rings is 1. The van der Waals surface area contributed by atoms with Crippen molar-refractivity contribution in [3.8, 4) is 5.75 Å². The molecule has 0 spiro atoms. The van der Waals surface area contributed by atoms with Gasteiger partial charge in [0.05, 0.1) is 18.7 Å². The van der Waals surface area contributed by atoms with Crippen LogP contribution in [-0.2, 0) is 4.79 Å². The molecule has 2 aromatic rings. The van der Waals surface area contributed by atoms with Crippen LogP contribution in [0.5, 0.6) is 5.75 Å². The van der Waals surface area contributed by atoms with Gasteiger partial charge in [-0.2, -0.15) is 0 Å². The van der Waals surface area contributed by atoms with Crippen LogP contribution >= 0.6 is 0 Å². The fourth-order valence-corrected chi connectivity index (χ4v) is 4.86. The minimum Gasteiger partial charge on any atom is -0.497 e. The van der Waals surface area contributed by atoms with Gasteiger partial charge in [-0.25, -0.2) is 0 Å². The van der Waals surface area contributed by atoms with E-state index < -0.39 is 6.10 Å². The molecule has 0 saturated carbocycles. The highest BCUT2D eigenvalue weighted by Crippen LogP contribution is 2.43. The molecule has 0 aliphatic carbocycles. The summed E-state index contributed by atoms with van der Waals surface area (Å²) in [6.45, 7) is 2.03. The molecule has 5 rings (SSSR count). The van der Waals surface area contributed by atoms with Crippen LogP contribution < -0.4 is 4.74 Å². The van der Waals surface area contributed by atoms with Crippen molar-refractivity contribution in [1.29, 1.82) is 0 Å². The number of carbonyl (C=O) groups excluding carboxylic acids is 1. The van der Waals surface area contributed by atoms with Gasteiger partial charge >= 0.3 is 0 Å². The Labute approximate surface area is 154 Å². The van der Waals surface area contributed by atoms with E-state index in [4.69, 9.17) is 4.74 Å². The van der Waals surface area contributed by atoms with E-state index in [1.807, 2.05) is 24.3 Å². The maximum atomic E-state index is 11.2. The van der Waals surface area contributed by atoms with Crippen LogP contribution in [0.2, 0.25) is 0 Å². The summed E-state index contributed by atoms with van der Waals surface area (Å²) in [5, 5.41) is 12.2.